The first-order chi connectivity index (χ1) is 10.2. The van der Waals surface area contributed by atoms with Crippen molar-refractivity contribution in [2.75, 3.05) is 5.73 Å². The van der Waals surface area contributed by atoms with Crippen molar-refractivity contribution in [2.24, 2.45) is 0 Å². The first-order valence-electron chi connectivity index (χ1n) is 7.12. The summed E-state index contributed by atoms with van der Waals surface area (Å²) in [6.45, 7) is 2.14. The molecule has 0 bridgehead atoms. The van der Waals surface area contributed by atoms with E-state index in [9.17, 15) is 0 Å². The molecule has 3 heteroatoms. The maximum atomic E-state index is 5.73. The zero-order valence-electron chi connectivity index (χ0n) is 11.9. The summed E-state index contributed by atoms with van der Waals surface area (Å²) in [5, 5.41) is 1.19. The molecule has 0 amide bonds. The SMILES string of the molecule is Cc1ccc2c(c1)-c1nc(Cc3ccc(N)cc3)sc1C2. The van der Waals surface area contributed by atoms with Crippen LogP contribution in [0.1, 0.15) is 26.6 Å². The summed E-state index contributed by atoms with van der Waals surface area (Å²) in [6.07, 6.45) is 1.92. The monoisotopic (exact) mass is 292 g/mol. The van der Waals surface area contributed by atoms with Crippen molar-refractivity contribution >= 4 is 17.0 Å². The third-order valence-electron chi connectivity index (χ3n) is 3.95. The summed E-state index contributed by atoms with van der Waals surface area (Å²) in [6, 6.07) is 14.8. The number of aryl methyl sites for hydroxylation is 1. The Kier molecular flexibility index (Phi) is 2.82. The highest BCUT2D eigenvalue weighted by Gasteiger charge is 2.23. The van der Waals surface area contributed by atoms with Crippen molar-refractivity contribution < 1.29 is 0 Å². The Bertz CT molecular complexity index is 816. The van der Waals surface area contributed by atoms with Gasteiger partial charge in [-0.2, -0.15) is 0 Å². The lowest BCUT2D eigenvalue weighted by molar-refractivity contribution is 1.14. The summed E-state index contributed by atoms with van der Waals surface area (Å²) in [7, 11) is 0. The Balaban J connectivity index is 1.67. The van der Waals surface area contributed by atoms with Gasteiger partial charge in [-0.3, -0.25) is 0 Å². The molecule has 1 aliphatic carbocycles. The van der Waals surface area contributed by atoms with Crippen LogP contribution in [-0.2, 0) is 12.8 Å². The molecule has 104 valence electrons. The summed E-state index contributed by atoms with van der Waals surface area (Å²) in [4.78, 5) is 6.28. The van der Waals surface area contributed by atoms with E-state index in [1.807, 2.05) is 23.5 Å². The minimum atomic E-state index is 0.810. The number of anilines is 1. The highest BCUT2D eigenvalue weighted by molar-refractivity contribution is 7.12. The molecule has 0 unspecified atom stereocenters. The molecule has 21 heavy (non-hydrogen) atoms. The summed E-state index contributed by atoms with van der Waals surface area (Å²) in [5.41, 5.74) is 13.0. The zero-order valence-corrected chi connectivity index (χ0v) is 12.7. The molecule has 0 spiro atoms. The first kappa shape index (κ1) is 12.6. The third kappa shape index (κ3) is 2.24. The van der Waals surface area contributed by atoms with Crippen LogP contribution in [0.15, 0.2) is 42.5 Å². The highest BCUT2D eigenvalue weighted by Crippen LogP contribution is 2.40. The van der Waals surface area contributed by atoms with Crippen molar-refractivity contribution in [3.8, 4) is 11.3 Å². The van der Waals surface area contributed by atoms with Crippen LogP contribution in [0, 0.1) is 6.92 Å². The summed E-state index contributed by atoms with van der Waals surface area (Å²) >= 11 is 1.84. The second-order valence-electron chi connectivity index (χ2n) is 5.64. The third-order valence-corrected chi connectivity index (χ3v) is 5.00. The van der Waals surface area contributed by atoms with Crippen LogP contribution in [0.3, 0.4) is 0 Å². The molecular formula is C18H16N2S. The predicted octanol–water partition coefficient (Wildman–Crippen LogP) is 4.20. The van der Waals surface area contributed by atoms with Crippen molar-refractivity contribution in [2.45, 2.75) is 19.8 Å². The zero-order chi connectivity index (χ0) is 14.4. The topological polar surface area (TPSA) is 38.9 Å². The van der Waals surface area contributed by atoms with Crippen molar-refractivity contribution in [3.05, 3.63) is 69.0 Å². The van der Waals surface area contributed by atoms with Crippen LogP contribution in [0.4, 0.5) is 5.69 Å². The molecule has 1 heterocycles. The summed E-state index contributed by atoms with van der Waals surface area (Å²) in [5.74, 6) is 0. The van der Waals surface area contributed by atoms with Gasteiger partial charge in [0.1, 0.15) is 0 Å². The molecule has 2 N–H and O–H groups in total. The van der Waals surface area contributed by atoms with E-state index in [1.165, 1.54) is 37.8 Å². The lowest BCUT2D eigenvalue weighted by Gasteiger charge is -2.02. The maximum absolute atomic E-state index is 5.73. The standard InChI is InChI=1S/C18H16N2S/c1-11-2-5-13-10-16-18(15(13)8-11)20-17(21-16)9-12-3-6-14(19)7-4-12/h2-8H,9-10,19H2,1H3. The number of aromatic nitrogens is 1. The second kappa shape index (κ2) is 4.71. The number of hydrogen-bond acceptors (Lipinski definition) is 3. The van der Waals surface area contributed by atoms with E-state index in [-0.39, 0.29) is 0 Å². The fraction of sp³-hybridized carbons (Fsp3) is 0.167. The number of nitrogens with zero attached hydrogens (tertiary/aromatic N) is 1. The van der Waals surface area contributed by atoms with Gasteiger partial charge in [0.05, 0.1) is 10.7 Å². The van der Waals surface area contributed by atoms with E-state index >= 15 is 0 Å². The molecule has 3 aromatic rings. The molecular weight excluding hydrogens is 276 g/mol. The van der Waals surface area contributed by atoms with Crippen LogP contribution < -0.4 is 5.73 Å². The largest absolute Gasteiger partial charge is 0.399 e. The molecule has 0 saturated carbocycles. The van der Waals surface area contributed by atoms with Crippen LogP contribution in [0.5, 0.6) is 0 Å². The van der Waals surface area contributed by atoms with Gasteiger partial charge in [0.25, 0.3) is 0 Å². The number of thiazole rings is 1. The van der Waals surface area contributed by atoms with Gasteiger partial charge < -0.3 is 5.73 Å². The average Bonchev–Trinajstić information content (AvgIpc) is 2.99. The van der Waals surface area contributed by atoms with Gasteiger partial charge in [0, 0.05) is 29.0 Å². The Hall–Kier alpha value is -2.13. The predicted molar refractivity (Wildman–Crippen MR) is 88.8 cm³/mol. The van der Waals surface area contributed by atoms with Gasteiger partial charge in [0.2, 0.25) is 0 Å². The van der Waals surface area contributed by atoms with E-state index in [0.717, 1.165) is 18.5 Å². The number of fused-ring (bicyclic) bond motifs is 3. The maximum Gasteiger partial charge on any atom is 0.0979 e. The molecule has 0 radical (unpaired) electrons. The minimum Gasteiger partial charge on any atom is -0.399 e. The van der Waals surface area contributed by atoms with Gasteiger partial charge in [0.15, 0.2) is 0 Å². The normalized spacial score (nSPS) is 12.2. The van der Waals surface area contributed by atoms with Crippen LogP contribution in [0.2, 0.25) is 0 Å². The fourth-order valence-electron chi connectivity index (χ4n) is 2.85. The van der Waals surface area contributed by atoms with E-state index in [0.29, 0.717) is 0 Å². The smallest absolute Gasteiger partial charge is 0.0979 e. The fourth-order valence-corrected chi connectivity index (χ4v) is 3.99. The van der Waals surface area contributed by atoms with E-state index in [1.54, 1.807) is 0 Å². The molecule has 4 rings (SSSR count). The van der Waals surface area contributed by atoms with Gasteiger partial charge in [-0.05, 0) is 36.2 Å². The molecule has 0 atom stereocenters. The molecule has 0 saturated heterocycles. The van der Waals surface area contributed by atoms with Crippen LogP contribution >= 0.6 is 11.3 Å². The average molecular weight is 292 g/mol. The van der Waals surface area contributed by atoms with Gasteiger partial charge in [-0.15, -0.1) is 11.3 Å². The lowest BCUT2D eigenvalue weighted by Crippen LogP contribution is -1.90. The molecule has 1 aliphatic rings. The van der Waals surface area contributed by atoms with Gasteiger partial charge in [-0.1, -0.05) is 29.8 Å². The molecule has 1 aromatic heterocycles. The van der Waals surface area contributed by atoms with Crippen LogP contribution in [0.25, 0.3) is 11.3 Å². The molecule has 2 nitrogen and oxygen atoms in total. The molecule has 0 fully saturated rings. The van der Waals surface area contributed by atoms with Crippen LogP contribution in [-0.4, -0.2) is 4.98 Å². The molecule has 2 aromatic carbocycles. The van der Waals surface area contributed by atoms with E-state index in [4.69, 9.17) is 10.7 Å². The van der Waals surface area contributed by atoms with E-state index < -0.39 is 0 Å². The Morgan fingerprint density at radius 1 is 1.14 bits per heavy atom. The number of nitrogen functional groups attached to an aromatic ring is 1. The van der Waals surface area contributed by atoms with Crippen molar-refractivity contribution in [3.63, 3.8) is 0 Å². The highest BCUT2D eigenvalue weighted by atomic mass is 32.1. The van der Waals surface area contributed by atoms with E-state index in [2.05, 4.69) is 37.3 Å². The van der Waals surface area contributed by atoms with Crippen molar-refractivity contribution in [1.82, 2.24) is 4.98 Å². The number of nitrogens with two attached hydrogens (primary N) is 1. The minimum absolute atomic E-state index is 0.810. The number of rotatable bonds is 2. The quantitative estimate of drug-likeness (QED) is 0.562. The molecule has 0 aliphatic heterocycles. The van der Waals surface area contributed by atoms with Crippen molar-refractivity contribution in [1.29, 1.82) is 0 Å². The Morgan fingerprint density at radius 3 is 2.76 bits per heavy atom. The number of hydrogen-bond donors (Lipinski definition) is 1. The second-order valence-corrected chi connectivity index (χ2v) is 6.80. The number of benzene rings is 2. The van der Waals surface area contributed by atoms with Gasteiger partial charge in [-0.25, -0.2) is 4.98 Å². The lowest BCUT2D eigenvalue weighted by atomic mass is 10.1. The Labute approximate surface area is 128 Å². The summed E-state index contributed by atoms with van der Waals surface area (Å²) < 4.78 is 0. The van der Waals surface area contributed by atoms with Gasteiger partial charge >= 0.3 is 0 Å². The first-order valence-corrected chi connectivity index (χ1v) is 7.93. The Morgan fingerprint density at radius 2 is 1.95 bits per heavy atom.